The Morgan fingerprint density at radius 3 is 2.05 bits per heavy atom. The molecule has 0 bridgehead atoms. The molecule has 0 aromatic heterocycles. The molecular weight excluding hydrogens is 246 g/mol. The van der Waals surface area contributed by atoms with Crippen molar-refractivity contribution in [2.24, 2.45) is 0 Å². The third-order valence-corrected chi connectivity index (χ3v) is 2.72. The number of nitrogens with zero attached hydrogens (tertiary/aromatic N) is 2. The summed E-state index contributed by atoms with van der Waals surface area (Å²) in [5.41, 5.74) is 2.60. The first kappa shape index (κ1) is 17.9. The Bertz CT molecular complexity index is 276. The number of hydrogen-bond donors (Lipinski definition) is 1. The van der Waals surface area contributed by atoms with E-state index in [0.717, 1.165) is 25.9 Å². The number of carbonyl (C=O) groups is 2. The average molecular weight is 273 g/mol. The molecule has 1 atom stereocenters. The first-order valence-corrected chi connectivity index (χ1v) is 6.75. The number of rotatable bonds is 9. The summed E-state index contributed by atoms with van der Waals surface area (Å²) in [4.78, 5) is 32.2. The highest BCUT2D eigenvalue weighted by Gasteiger charge is 2.25. The van der Waals surface area contributed by atoms with Gasteiger partial charge in [-0.25, -0.2) is 0 Å². The minimum absolute atomic E-state index is 0.0200. The number of likely N-dealkylation sites (N-methyl/N-ethyl adjacent to an activating group) is 1. The molecule has 1 unspecified atom stereocenters. The van der Waals surface area contributed by atoms with Crippen molar-refractivity contribution in [3.05, 3.63) is 0 Å². The van der Waals surface area contributed by atoms with E-state index in [-0.39, 0.29) is 18.2 Å². The van der Waals surface area contributed by atoms with Crippen LogP contribution in [-0.4, -0.2) is 62.0 Å². The second-order valence-electron chi connectivity index (χ2n) is 4.69. The molecule has 0 rings (SSSR count). The van der Waals surface area contributed by atoms with E-state index in [1.54, 1.807) is 19.0 Å². The van der Waals surface area contributed by atoms with Gasteiger partial charge < -0.3 is 14.6 Å². The summed E-state index contributed by atoms with van der Waals surface area (Å²) in [7, 11) is 4.76. The molecule has 0 fully saturated rings. The molecular formula is C13H27N3O3. The van der Waals surface area contributed by atoms with Crippen LogP contribution in [0.25, 0.3) is 0 Å². The fourth-order valence-corrected chi connectivity index (χ4v) is 1.84. The zero-order valence-electron chi connectivity index (χ0n) is 12.7. The first-order valence-electron chi connectivity index (χ1n) is 6.75. The highest BCUT2D eigenvalue weighted by Crippen LogP contribution is 2.04. The summed E-state index contributed by atoms with van der Waals surface area (Å²) in [5, 5.41) is 0. The molecule has 1 N–H and O–H groups in total. The van der Waals surface area contributed by atoms with Gasteiger partial charge in [0, 0.05) is 27.2 Å². The van der Waals surface area contributed by atoms with Crippen LogP contribution < -0.4 is 5.48 Å². The quantitative estimate of drug-likeness (QED) is 0.626. The van der Waals surface area contributed by atoms with Gasteiger partial charge in [0.25, 0.3) is 0 Å². The van der Waals surface area contributed by atoms with Gasteiger partial charge in [0.15, 0.2) is 0 Å². The fraction of sp³-hybridized carbons (Fsp3) is 0.846. The molecule has 0 aliphatic heterocycles. The molecule has 0 spiro atoms. The van der Waals surface area contributed by atoms with Gasteiger partial charge in [-0.3, -0.25) is 9.59 Å². The van der Waals surface area contributed by atoms with Crippen molar-refractivity contribution < 1.29 is 14.4 Å². The van der Waals surface area contributed by atoms with Crippen LogP contribution in [0.2, 0.25) is 0 Å². The Morgan fingerprint density at radius 2 is 1.68 bits per heavy atom. The molecule has 112 valence electrons. The van der Waals surface area contributed by atoms with Crippen LogP contribution in [0.3, 0.4) is 0 Å². The molecule has 0 radical (unpaired) electrons. The lowest BCUT2D eigenvalue weighted by molar-refractivity contribution is -0.141. The van der Waals surface area contributed by atoms with Gasteiger partial charge in [0.05, 0.1) is 13.5 Å². The van der Waals surface area contributed by atoms with Gasteiger partial charge in [0.2, 0.25) is 11.8 Å². The maximum absolute atomic E-state index is 12.2. The highest BCUT2D eigenvalue weighted by molar-refractivity contribution is 5.88. The number of amides is 2. The summed E-state index contributed by atoms with van der Waals surface area (Å²) in [5.74, 6) is -0.184. The van der Waals surface area contributed by atoms with Gasteiger partial charge in [-0.2, -0.15) is 5.48 Å². The lowest BCUT2D eigenvalue weighted by atomic mass is 10.1. The van der Waals surface area contributed by atoms with Crippen molar-refractivity contribution in [3.8, 4) is 0 Å². The largest absolute Gasteiger partial charge is 0.347 e. The van der Waals surface area contributed by atoms with Gasteiger partial charge in [-0.1, -0.05) is 13.8 Å². The third-order valence-electron chi connectivity index (χ3n) is 2.72. The Balaban J connectivity index is 4.62. The monoisotopic (exact) mass is 273 g/mol. The van der Waals surface area contributed by atoms with Crippen LogP contribution >= 0.6 is 0 Å². The van der Waals surface area contributed by atoms with Crippen molar-refractivity contribution in [1.29, 1.82) is 0 Å². The van der Waals surface area contributed by atoms with Crippen LogP contribution in [0.1, 0.15) is 33.1 Å². The summed E-state index contributed by atoms with van der Waals surface area (Å²) >= 11 is 0. The summed E-state index contributed by atoms with van der Waals surface area (Å²) in [6, 6.07) is -0.635. The summed E-state index contributed by atoms with van der Waals surface area (Å²) < 4.78 is 0. The standard InChI is InChI=1S/C13H27N3O3/c1-6-8-16(9-7-2)12(17)10-11(14-19-5)13(18)15(3)4/h11,14H,6-10H2,1-5H3. The van der Waals surface area contributed by atoms with Crippen molar-refractivity contribution in [1.82, 2.24) is 15.3 Å². The van der Waals surface area contributed by atoms with Crippen molar-refractivity contribution in [2.75, 3.05) is 34.3 Å². The van der Waals surface area contributed by atoms with E-state index < -0.39 is 6.04 Å². The molecule has 0 saturated carbocycles. The second-order valence-corrected chi connectivity index (χ2v) is 4.69. The normalized spacial score (nSPS) is 12.1. The van der Waals surface area contributed by atoms with Crippen LogP contribution in [0, 0.1) is 0 Å². The SMILES string of the molecule is CCCN(CCC)C(=O)CC(NOC)C(=O)N(C)C. The maximum atomic E-state index is 12.2. The van der Waals surface area contributed by atoms with Crippen molar-refractivity contribution in [2.45, 2.75) is 39.2 Å². The Hall–Kier alpha value is -1.14. The number of hydrogen-bond acceptors (Lipinski definition) is 4. The summed E-state index contributed by atoms with van der Waals surface area (Å²) in [6.07, 6.45) is 1.94. The lowest BCUT2D eigenvalue weighted by Crippen LogP contribution is -2.47. The zero-order chi connectivity index (χ0) is 14.8. The minimum atomic E-state index is -0.635. The Morgan fingerprint density at radius 1 is 1.16 bits per heavy atom. The van der Waals surface area contributed by atoms with E-state index in [1.807, 2.05) is 13.8 Å². The predicted octanol–water partition coefficient (Wildman–Crippen LogP) is 0.633. The molecule has 6 nitrogen and oxygen atoms in total. The van der Waals surface area contributed by atoms with Gasteiger partial charge in [-0.15, -0.1) is 0 Å². The first-order chi connectivity index (χ1) is 8.97. The predicted molar refractivity (Wildman–Crippen MR) is 74.4 cm³/mol. The van der Waals surface area contributed by atoms with Gasteiger partial charge in [0.1, 0.15) is 6.04 Å². The Labute approximate surface area is 116 Å². The topological polar surface area (TPSA) is 61.9 Å². The molecule has 0 heterocycles. The highest BCUT2D eigenvalue weighted by atomic mass is 16.6. The van der Waals surface area contributed by atoms with Crippen LogP contribution in [0.4, 0.5) is 0 Å². The molecule has 0 aliphatic rings. The van der Waals surface area contributed by atoms with E-state index in [4.69, 9.17) is 4.84 Å². The molecule has 6 heteroatoms. The second kappa shape index (κ2) is 9.75. The fourth-order valence-electron chi connectivity index (χ4n) is 1.84. The van der Waals surface area contributed by atoms with E-state index in [1.165, 1.54) is 12.0 Å². The van der Waals surface area contributed by atoms with E-state index in [9.17, 15) is 9.59 Å². The minimum Gasteiger partial charge on any atom is -0.347 e. The van der Waals surface area contributed by atoms with Crippen molar-refractivity contribution >= 4 is 11.8 Å². The summed E-state index contributed by atoms with van der Waals surface area (Å²) in [6.45, 7) is 5.52. The van der Waals surface area contributed by atoms with E-state index >= 15 is 0 Å². The van der Waals surface area contributed by atoms with E-state index in [2.05, 4.69) is 5.48 Å². The smallest absolute Gasteiger partial charge is 0.242 e. The number of carbonyl (C=O) groups excluding carboxylic acids is 2. The van der Waals surface area contributed by atoms with Crippen molar-refractivity contribution in [3.63, 3.8) is 0 Å². The molecule has 0 aliphatic carbocycles. The number of nitrogens with one attached hydrogen (secondary N) is 1. The third kappa shape index (κ3) is 6.54. The molecule has 0 saturated heterocycles. The van der Waals surface area contributed by atoms with E-state index in [0.29, 0.717) is 0 Å². The zero-order valence-corrected chi connectivity index (χ0v) is 12.7. The molecule has 0 aromatic rings. The van der Waals surface area contributed by atoms with Crippen LogP contribution in [0.15, 0.2) is 0 Å². The number of hydroxylamine groups is 1. The van der Waals surface area contributed by atoms with Crippen LogP contribution in [-0.2, 0) is 14.4 Å². The molecule has 19 heavy (non-hydrogen) atoms. The maximum Gasteiger partial charge on any atom is 0.242 e. The average Bonchev–Trinajstić information content (AvgIpc) is 2.36. The lowest BCUT2D eigenvalue weighted by Gasteiger charge is -2.25. The van der Waals surface area contributed by atoms with Gasteiger partial charge >= 0.3 is 0 Å². The molecule has 0 aromatic carbocycles. The van der Waals surface area contributed by atoms with Crippen LogP contribution in [0.5, 0.6) is 0 Å². The Kier molecular flexibility index (Phi) is 9.16. The molecule has 2 amide bonds. The van der Waals surface area contributed by atoms with Gasteiger partial charge in [-0.05, 0) is 12.8 Å².